The van der Waals surface area contributed by atoms with Crippen LogP contribution in [0.15, 0.2) is 30.3 Å². The Hall–Kier alpha value is -2.49. The van der Waals surface area contributed by atoms with Crippen LogP contribution >= 0.6 is 0 Å². The fraction of sp³-hybridized carbons (Fsp3) is 0.500. The van der Waals surface area contributed by atoms with Gasteiger partial charge in [-0.3, -0.25) is 9.59 Å². The maximum Gasteiger partial charge on any atom is 0.328 e. The lowest BCUT2D eigenvalue weighted by Gasteiger charge is -2.22. The highest BCUT2D eigenvalue weighted by Gasteiger charge is 2.27. The number of hydrogen-bond donors (Lipinski definition) is 6. The predicted octanol–water partition coefficient (Wildman–Crippen LogP) is -1.27. The van der Waals surface area contributed by atoms with E-state index in [0.29, 0.717) is 25.8 Å². The topological polar surface area (TPSA) is 168 Å². The number of aliphatic carboxylic acids is 1. The van der Waals surface area contributed by atoms with Gasteiger partial charge in [0.1, 0.15) is 12.1 Å². The summed E-state index contributed by atoms with van der Waals surface area (Å²) in [7, 11) is 0. The summed E-state index contributed by atoms with van der Waals surface area (Å²) < 4.78 is 0. The summed E-state index contributed by atoms with van der Waals surface area (Å²) in [4.78, 5) is 35.7. The summed E-state index contributed by atoms with van der Waals surface area (Å²) in [5.41, 5.74) is 12.3. The van der Waals surface area contributed by atoms with E-state index in [1.165, 1.54) is 0 Å². The summed E-state index contributed by atoms with van der Waals surface area (Å²) in [5.74, 6) is -2.56. The number of carbonyl (C=O) groups is 3. The Kier molecular flexibility index (Phi) is 10.0. The lowest BCUT2D eigenvalue weighted by Crippen LogP contribution is -2.55. The highest BCUT2D eigenvalue weighted by atomic mass is 16.4. The van der Waals surface area contributed by atoms with Crippen LogP contribution in [-0.2, 0) is 20.8 Å². The molecule has 27 heavy (non-hydrogen) atoms. The molecule has 0 heterocycles. The fourth-order valence-corrected chi connectivity index (χ4v) is 2.46. The SMILES string of the molecule is NCCCCC(NC(=O)C(N)Cc1ccccc1)C(=O)NC(CO)C(=O)O. The van der Waals surface area contributed by atoms with Crippen molar-refractivity contribution in [3.8, 4) is 0 Å². The number of hydrogen-bond acceptors (Lipinski definition) is 6. The van der Waals surface area contributed by atoms with Gasteiger partial charge in [-0.15, -0.1) is 0 Å². The molecule has 0 aromatic heterocycles. The standard InChI is InChI=1S/C18H28N4O5/c19-9-5-4-8-14(17(25)22-15(11-23)18(26)27)21-16(24)13(20)10-12-6-2-1-3-7-12/h1-3,6-7,13-15,23H,4-5,8-11,19-20H2,(H,21,24)(H,22,25)(H,26,27). The van der Waals surface area contributed by atoms with Gasteiger partial charge in [0.25, 0.3) is 0 Å². The van der Waals surface area contributed by atoms with Crippen LogP contribution in [0.5, 0.6) is 0 Å². The number of nitrogens with two attached hydrogens (primary N) is 2. The zero-order valence-electron chi connectivity index (χ0n) is 15.1. The van der Waals surface area contributed by atoms with Gasteiger partial charge in [-0.1, -0.05) is 30.3 Å². The van der Waals surface area contributed by atoms with E-state index < -0.39 is 42.5 Å². The first-order chi connectivity index (χ1) is 12.9. The second-order valence-corrected chi connectivity index (χ2v) is 6.22. The average Bonchev–Trinajstić information content (AvgIpc) is 2.65. The van der Waals surface area contributed by atoms with Gasteiger partial charge in [0.05, 0.1) is 12.6 Å². The van der Waals surface area contributed by atoms with Crippen LogP contribution in [0.4, 0.5) is 0 Å². The Bertz CT molecular complexity index is 611. The largest absolute Gasteiger partial charge is 0.480 e. The molecule has 150 valence electrons. The molecular weight excluding hydrogens is 352 g/mol. The lowest BCUT2D eigenvalue weighted by molar-refractivity contribution is -0.143. The molecular formula is C18H28N4O5. The number of amides is 2. The molecule has 0 aliphatic carbocycles. The van der Waals surface area contributed by atoms with Gasteiger partial charge in [-0.05, 0) is 37.8 Å². The first-order valence-corrected chi connectivity index (χ1v) is 8.83. The molecule has 3 unspecified atom stereocenters. The summed E-state index contributed by atoms with van der Waals surface area (Å²) in [6, 6.07) is 5.96. The molecule has 1 aromatic carbocycles. The Morgan fingerprint density at radius 2 is 1.63 bits per heavy atom. The molecule has 3 atom stereocenters. The number of aliphatic hydroxyl groups excluding tert-OH is 1. The van der Waals surface area contributed by atoms with E-state index in [9.17, 15) is 14.4 Å². The van der Waals surface area contributed by atoms with Crippen LogP contribution in [0.3, 0.4) is 0 Å². The Balaban J connectivity index is 2.72. The number of rotatable bonds is 12. The summed E-state index contributed by atoms with van der Waals surface area (Å²) in [6.45, 7) is -0.317. The molecule has 9 heteroatoms. The smallest absolute Gasteiger partial charge is 0.328 e. The summed E-state index contributed by atoms with van der Waals surface area (Å²) in [6.07, 6.45) is 1.81. The minimum atomic E-state index is -1.44. The van der Waals surface area contributed by atoms with E-state index in [1.807, 2.05) is 30.3 Å². The van der Waals surface area contributed by atoms with E-state index >= 15 is 0 Å². The fourth-order valence-electron chi connectivity index (χ4n) is 2.46. The molecule has 0 saturated heterocycles. The average molecular weight is 380 g/mol. The van der Waals surface area contributed by atoms with Crippen LogP contribution in [0.1, 0.15) is 24.8 Å². The number of benzene rings is 1. The van der Waals surface area contributed by atoms with Crippen molar-refractivity contribution in [1.82, 2.24) is 10.6 Å². The van der Waals surface area contributed by atoms with Crippen LogP contribution in [0.25, 0.3) is 0 Å². The molecule has 1 rings (SSSR count). The van der Waals surface area contributed by atoms with E-state index in [4.69, 9.17) is 21.7 Å². The second kappa shape index (κ2) is 12.0. The van der Waals surface area contributed by atoms with Gasteiger partial charge in [-0.2, -0.15) is 0 Å². The number of carbonyl (C=O) groups excluding carboxylic acids is 2. The Morgan fingerprint density at radius 1 is 1.00 bits per heavy atom. The predicted molar refractivity (Wildman–Crippen MR) is 99.6 cm³/mol. The normalized spacial score (nSPS) is 14.0. The molecule has 0 fully saturated rings. The van der Waals surface area contributed by atoms with Crippen molar-refractivity contribution in [1.29, 1.82) is 0 Å². The van der Waals surface area contributed by atoms with Gasteiger partial charge in [0.2, 0.25) is 11.8 Å². The molecule has 1 aromatic rings. The van der Waals surface area contributed by atoms with Crippen LogP contribution in [0, 0.1) is 0 Å². The quantitative estimate of drug-likeness (QED) is 0.246. The number of unbranched alkanes of at least 4 members (excludes halogenated alkanes) is 1. The third-order valence-electron chi connectivity index (χ3n) is 4.01. The van der Waals surface area contributed by atoms with Crippen molar-refractivity contribution in [2.45, 2.75) is 43.8 Å². The van der Waals surface area contributed by atoms with Gasteiger partial charge >= 0.3 is 5.97 Å². The number of carboxylic acids is 1. The van der Waals surface area contributed by atoms with Crippen molar-refractivity contribution in [2.75, 3.05) is 13.2 Å². The number of nitrogens with one attached hydrogen (secondary N) is 2. The summed E-state index contributed by atoms with van der Waals surface area (Å²) >= 11 is 0. The van der Waals surface area contributed by atoms with Crippen molar-refractivity contribution in [3.05, 3.63) is 35.9 Å². The molecule has 0 aliphatic heterocycles. The zero-order valence-corrected chi connectivity index (χ0v) is 15.1. The van der Waals surface area contributed by atoms with E-state index in [2.05, 4.69) is 10.6 Å². The van der Waals surface area contributed by atoms with Crippen molar-refractivity contribution >= 4 is 17.8 Å². The van der Waals surface area contributed by atoms with Gasteiger partial charge in [-0.25, -0.2) is 4.79 Å². The van der Waals surface area contributed by atoms with Crippen LogP contribution in [-0.4, -0.2) is 59.3 Å². The van der Waals surface area contributed by atoms with Crippen molar-refractivity contribution in [3.63, 3.8) is 0 Å². The van der Waals surface area contributed by atoms with Gasteiger partial charge in [0, 0.05) is 0 Å². The van der Waals surface area contributed by atoms with Crippen molar-refractivity contribution < 1.29 is 24.6 Å². The lowest BCUT2D eigenvalue weighted by atomic mass is 10.0. The highest BCUT2D eigenvalue weighted by molar-refractivity contribution is 5.91. The van der Waals surface area contributed by atoms with Crippen LogP contribution < -0.4 is 22.1 Å². The molecule has 2 amide bonds. The molecule has 0 bridgehead atoms. The molecule has 0 radical (unpaired) electrons. The number of aliphatic hydroxyl groups is 1. The molecule has 9 nitrogen and oxygen atoms in total. The minimum absolute atomic E-state index is 0.282. The van der Waals surface area contributed by atoms with E-state index in [-0.39, 0.29) is 6.42 Å². The van der Waals surface area contributed by atoms with E-state index in [1.54, 1.807) is 0 Å². The van der Waals surface area contributed by atoms with Gasteiger partial charge < -0.3 is 32.3 Å². The summed E-state index contributed by atoms with van der Waals surface area (Å²) in [5, 5.41) is 22.8. The van der Waals surface area contributed by atoms with E-state index in [0.717, 1.165) is 5.56 Å². The first-order valence-electron chi connectivity index (χ1n) is 8.83. The molecule has 8 N–H and O–H groups in total. The van der Waals surface area contributed by atoms with Crippen molar-refractivity contribution in [2.24, 2.45) is 11.5 Å². The first kappa shape index (κ1) is 22.6. The zero-order chi connectivity index (χ0) is 20.2. The van der Waals surface area contributed by atoms with Crippen LogP contribution in [0.2, 0.25) is 0 Å². The Morgan fingerprint density at radius 3 is 2.19 bits per heavy atom. The third-order valence-corrected chi connectivity index (χ3v) is 4.01. The second-order valence-electron chi connectivity index (χ2n) is 6.22. The molecule has 0 saturated carbocycles. The Labute approximate surface area is 158 Å². The molecule has 0 aliphatic rings. The monoisotopic (exact) mass is 380 g/mol. The number of carboxylic acid groups (broad SMARTS) is 1. The van der Waals surface area contributed by atoms with Gasteiger partial charge in [0.15, 0.2) is 0 Å². The minimum Gasteiger partial charge on any atom is -0.480 e. The maximum absolute atomic E-state index is 12.4. The molecule has 0 spiro atoms. The maximum atomic E-state index is 12.4. The highest BCUT2D eigenvalue weighted by Crippen LogP contribution is 2.05. The third kappa shape index (κ3) is 8.16.